The minimum absolute atomic E-state index is 0.148. The fourth-order valence-corrected chi connectivity index (χ4v) is 3.05. The molecule has 1 N–H and O–H groups in total. The number of non-ortho nitro benzene ring substituents is 1. The van der Waals surface area contributed by atoms with Gasteiger partial charge in [-0.05, 0) is 50.5 Å². The zero-order chi connectivity index (χ0) is 23.6. The van der Waals surface area contributed by atoms with Crippen molar-refractivity contribution in [3.63, 3.8) is 0 Å². The van der Waals surface area contributed by atoms with E-state index in [-0.39, 0.29) is 22.8 Å². The number of hydrogen-bond donors (Lipinski definition) is 1. The van der Waals surface area contributed by atoms with Crippen molar-refractivity contribution >= 4 is 23.0 Å². The zero-order valence-corrected chi connectivity index (χ0v) is 17.9. The number of anilines is 1. The summed E-state index contributed by atoms with van der Waals surface area (Å²) in [7, 11) is 0. The maximum absolute atomic E-state index is 12.6. The molecule has 11 heteroatoms. The first-order valence-corrected chi connectivity index (χ1v) is 9.59. The van der Waals surface area contributed by atoms with Crippen molar-refractivity contribution in [2.24, 2.45) is 0 Å². The molecule has 1 amide bonds. The third kappa shape index (κ3) is 4.89. The average molecular weight is 439 g/mol. The second kappa shape index (κ2) is 8.84. The molecule has 0 fully saturated rings. The van der Waals surface area contributed by atoms with Gasteiger partial charge < -0.3 is 10.1 Å². The SMILES string of the molecule is Cc1cc(C)c(C)c(Oc2cc(NC(=O)C(C)n3cc([N+](=O)[O-])cn3)cc([N+](=O)[O-])c2)c1. The summed E-state index contributed by atoms with van der Waals surface area (Å²) in [5, 5.41) is 28.6. The van der Waals surface area contributed by atoms with Crippen LogP contribution in [0.25, 0.3) is 0 Å². The Morgan fingerprint density at radius 1 is 1.06 bits per heavy atom. The fourth-order valence-electron chi connectivity index (χ4n) is 3.05. The van der Waals surface area contributed by atoms with Gasteiger partial charge >= 0.3 is 5.69 Å². The van der Waals surface area contributed by atoms with Crippen LogP contribution in [-0.2, 0) is 4.79 Å². The van der Waals surface area contributed by atoms with Crippen LogP contribution in [-0.4, -0.2) is 25.5 Å². The Kier molecular flexibility index (Phi) is 6.19. The number of benzene rings is 2. The molecule has 0 aliphatic carbocycles. The predicted molar refractivity (Wildman–Crippen MR) is 116 cm³/mol. The number of nitrogens with zero attached hydrogens (tertiary/aromatic N) is 4. The molecule has 0 saturated heterocycles. The third-order valence-electron chi connectivity index (χ3n) is 4.94. The average Bonchev–Trinajstić information content (AvgIpc) is 3.21. The van der Waals surface area contributed by atoms with Crippen molar-refractivity contribution in [3.8, 4) is 11.5 Å². The number of nitrogens with one attached hydrogen (secondary N) is 1. The zero-order valence-electron chi connectivity index (χ0n) is 17.9. The molecule has 0 radical (unpaired) electrons. The van der Waals surface area contributed by atoms with Crippen molar-refractivity contribution in [1.82, 2.24) is 9.78 Å². The topological polar surface area (TPSA) is 142 Å². The molecule has 0 bridgehead atoms. The molecule has 32 heavy (non-hydrogen) atoms. The fraction of sp³-hybridized carbons (Fsp3) is 0.238. The van der Waals surface area contributed by atoms with Crippen LogP contribution in [0.1, 0.15) is 29.7 Å². The highest BCUT2D eigenvalue weighted by Crippen LogP contribution is 2.33. The van der Waals surface area contributed by atoms with Crippen molar-refractivity contribution in [2.45, 2.75) is 33.7 Å². The number of amides is 1. The summed E-state index contributed by atoms with van der Waals surface area (Å²) < 4.78 is 7.05. The van der Waals surface area contributed by atoms with Gasteiger partial charge in [-0.2, -0.15) is 5.10 Å². The molecular formula is C21H21N5O6. The Labute approximate surface area is 182 Å². The standard InChI is InChI=1S/C21H21N5O6/c1-12-5-13(2)14(3)20(6-12)32-19-8-16(7-17(9-19)25(28)29)23-21(27)15(4)24-11-18(10-22-24)26(30)31/h5-11,15H,1-4H3,(H,23,27). The Morgan fingerprint density at radius 2 is 1.75 bits per heavy atom. The molecule has 0 spiro atoms. The van der Waals surface area contributed by atoms with Crippen LogP contribution >= 0.6 is 0 Å². The summed E-state index contributed by atoms with van der Waals surface area (Å²) >= 11 is 0. The van der Waals surface area contributed by atoms with E-state index in [4.69, 9.17) is 4.74 Å². The molecule has 11 nitrogen and oxygen atoms in total. The maximum atomic E-state index is 12.6. The number of aryl methyl sites for hydroxylation is 2. The lowest BCUT2D eigenvalue weighted by molar-refractivity contribution is -0.385. The van der Waals surface area contributed by atoms with Gasteiger partial charge in [0, 0.05) is 12.1 Å². The minimum atomic E-state index is -0.894. The van der Waals surface area contributed by atoms with E-state index in [1.54, 1.807) is 0 Å². The number of nitro benzene ring substituents is 1. The first-order chi connectivity index (χ1) is 15.0. The number of aromatic nitrogens is 2. The molecule has 0 saturated carbocycles. The minimum Gasteiger partial charge on any atom is -0.457 e. The number of nitro groups is 2. The summed E-state index contributed by atoms with van der Waals surface area (Å²) in [4.78, 5) is 33.7. The van der Waals surface area contributed by atoms with Gasteiger partial charge in [-0.15, -0.1) is 0 Å². The molecule has 166 valence electrons. The summed E-state index contributed by atoms with van der Waals surface area (Å²) in [5.74, 6) is 0.180. The van der Waals surface area contributed by atoms with Gasteiger partial charge in [0.05, 0.1) is 21.6 Å². The first kappa shape index (κ1) is 22.4. The molecule has 0 aliphatic heterocycles. The van der Waals surface area contributed by atoms with Crippen molar-refractivity contribution in [2.75, 3.05) is 5.32 Å². The third-order valence-corrected chi connectivity index (χ3v) is 4.94. The monoisotopic (exact) mass is 439 g/mol. The van der Waals surface area contributed by atoms with Crippen LogP contribution in [0.15, 0.2) is 42.7 Å². The molecule has 3 aromatic rings. The van der Waals surface area contributed by atoms with Crippen LogP contribution in [0.3, 0.4) is 0 Å². The molecular weight excluding hydrogens is 418 g/mol. The van der Waals surface area contributed by atoms with Crippen molar-refractivity contribution in [1.29, 1.82) is 0 Å². The van der Waals surface area contributed by atoms with Crippen molar-refractivity contribution in [3.05, 3.63) is 79.6 Å². The van der Waals surface area contributed by atoms with Gasteiger partial charge in [0.2, 0.25) is 5.91 Å². The number of carbonyl (C=O) groups is 1. The molecule has 3 rings (SSSR count). The number of carbonyl (C=O) groups excluding carboxylic acids is 1. The van der Waals surface area contributed by atoms with Gasteiger partial charge in [0.15, 0.2) is 0 Å². The van der Waals surface area contributed by atoms with Crippen LogP contribution in [0.4, 0.5) is 17.1 Å². The smallest absolute Gasteiger partial charge is 0.307 e. The first-order valence-electron chi connectivity index (χ1n) is 9.59. The van der Waals surface area contributed by atoms with E-state index in [2.05, 4.69) is 10.4 Å². The summed E-state index contributed by atoms with van der Waals surface area (Å²) in [5.41, 5.74) is 2.52. The number of rotatable bonds is 7. The number of hydrogen-bond acceptors (Lipinski definition) is 7. The van der Waals surface area contributed by atoms with E-state index in [0.717, 1.165) is 33.8 Å². The van der Waals surface area contributed by atoms with Crippen LogP contribution in [0.5, 0.6) is 11.5 Å². The molecule has 2 aromatic carbocycles. The van der Waals surface area contributed by atoms with Crippen LogP contribution in [0, 0.1) is 41.0 Å². The molecule has 0 aliphatic rings. The lowest BCUT2D eigenvalue weighted by Crippen LogP contribution is -2.24. The van der Waals surface area contributed by atoms with E-state index in [1.165, 1.54) is 25.1 Å². The van der Waals surface area contributed by atoms with Crippen molar-refractivity contribution < 1.29 is 19.4 Å². The lowest BCUT2D eigenvalue weighted by atomic mass is 10.1. The second-order valence-electron chi connectivity index (χ2n) is 7.38. The highest BCUT2D eigenvalue weighted by atomic mass is 16.6. The van der Waals surface area contributed by atoms with Crippen LogP contribution in [0.2, 0.25) is 0 Å². The molecule has 1 aromatic heterocycles. The summed E-state index contributed by atoms with van der Waals surface area (Å²) in [6.45, 7) is 7.24. The van der Waals surface area contributed by atoms with Crippen LogP contribution < -0.4 is 10.1 Å². The van der Waals surface area contributed by atoms with Gasteiger partial charge in [0.25, 0.3) is 5.69 Å². The quantitative estimate of drug-likeness (QED) is 0.418. The predicted octanol–water partition coefficient (Wildman–Crippen LogP) is 4.62. The summed E-state index contributed by atoms with van der Waals surface area (Å²) in [6.07, 6.45) is 2.17. The van der Waals surface area contributed by atoms with E-state index in [0.29, 0.717) is 5.75 Å². The maximum Gasteiger partial charge on any atom is 0.307 e. The molecule has 1 unspecified atom stereocenters. The van der Waals surface area contributed by atoms with E-state index in [1.807, 2.05) is 32.9 Å². The van der Waals surface area contributed by atoms with Gasteiger partial charge in [0.1, 0.15) is 29.9 Å². The van der Waals surface area contributed by atoms with E-state index >= 15 is 0 Å². The normalized spacial score (nSPS) is 11.6. The van der Waals surface area contributed by atoms with E-state index < -0.39 is 21.8 Å². The van der Waals surface area contributed by atoms with E-state index in [9.17, 15) is 25.0 Å². The highest BCUT2D eigenvalue weighted by Gasteiger charge is 2.21. The summed E-state index contributed by atoms with van der Waals surface area (Å²) in [6, 6.07) is 6.88. The molecule has 1 atom stereocenters. The van der Waals surface area contributed by atoms with Gasteiger partial charge in [-0.25, -0.2) is 0 Å². The Hall–Kier alpha value is -4.28. The Bertz CT molecular complexity index is 1220. The second-order valence-corrected chi connectivity index (χ2v) is 7.38. The molecule has 1 heterocycles. The highest BCUT2D eigenvalue weighted by molar-refractivity contribution is 5.94. The van der Waals surface area contributed by atoms with Gasteiger partial charge in [-0.1, -0.05) is 6.07 Å². The Balaban J connectivity index is 1.88. The largest absolute Gasteiger partial charge is 0.457 e. The van der Waals surface area contributed by atoms with Gasteiger partial charge in [-0.3, -0.25) is 29.7 Å². The lowest BCUT2D eigenvalue weighted by Gasteiger charge is -2.15. The Morgan fingerprint density at radius 3 is 2.38 bits per heavy atom. The number of ether oxygens (including phenoxy) is 1.